The Balaban J connectivity index is 2.79. The minimum Gasteiger partial charge on any atom is -0.347 e. The summed E-state index contributed by atoms with van der Waals surface area (Å²) in [6.45, 7) is 12.7. The average Bonchev–Trinajstić information content (AvgIpc) is 2.03. The van der Waals surface area contributed by atoms with Crippen LogP contribution in [0, 0.1) is 11.8 Å². The Hall–Kier alpha value is -0.0800. The molecular formula is C11H22O2. The van der Waals surface area contributed by atoms with Gasteiger partial charge in [-0.25, -0.2) is 0 Å². The molecule has 4 atom stereocenters. The lowest BCUT2D eigenvalue weighted by atomic mass is 9.88. The van der Waals surface area contributed by atoms with Crippen LogP contribution in [0.4, 0.5) is 0 Å². The molecule has 2 heteroatoms. The number of rotatable bonds is 0. The third-order valence-electron chi connectivity index (χ3n) is 3.25. The number of hydrogen-bond acceptors (Lipinski definition) is 2. The maximum absolute atomic E-state index is 5.83. The zero-order valence-electron chi connectivity index (χ0n) is 9.63. The molecule has 0 bridgehead atoms. The topological polar surface area (TPSA) is 18.5 Å². The van der Waals surface area contributed by atoms with Gasteiger partial charge < -0.3 is 9.47 Å². The van der Waals surface area contributed by atoms with Gasteiger partial charge in [0.2, 0.25) is 0 Å². The summed E-state index contributed by atoms with van der Waals surface area (Å²) in [6.07, 6.45) is 0.546. The third kappa shape index (κ3) is 2.44. The second kappa shape index (κ2) is 3.58. The van der Waals surface area contributed by atoms with E-state index in [2.05, 4.69) is 27.7 Å². The maximum Gasteiger partial charge on any atom is 0.163 e. The molecule has 78 valence electrons. The predicted octanol–water partition coefficient (Wildman–Crippen LogP) is 2.82. The maximum atomic E-state index is 5.83. The van der Waals surface area contributed by atoms with E-state index in [9.17, 15) is 0 Å². The zero-order chi connectivity index (χ0) is 10.2. The van der Waals surface area contributed by atoms with Crippen LogP contribution in [0.15, 0.2) is 0 Å². The van der Waals surface area contributed by atoms with Crippen LogP contribution in [0.25, 0.3) is 0 Å². The lowest BCUT2D eigenvalue weighted by Crippen LogP contribution is -2.32. The van der Waals surface area contributed by atoms with Crippen LogP contribution in [0.5, 0.6) is 0 Å². The fourth-order valence-corrected chi connectivity index (χ4v) is 1.99. The lowest BCUT2D eigenvalue weighted by Gasteiger charge is -2.28. The fraction of sp³-hybridized carbons (Fsp3) is 1.00. The molecule has 1 saturated heterocycles. The molecule has 1 aliphatic rings. The van der Waals surface area contributed by atoms with Crippen LogP contribution in [0.1, 0.15) is 41.5 Å². The number of hydrogen-bond donors (Lipinski definition) is 0. The van der Waals surface area contributed by atoms with E-state index in [-0.39, 0.29) is 12.2 Å². The van der Waals surface area contributed by atoms with E-state index in [1.54, 1.807) is 0 Å². The molecule has 1 heterocycles. The van der Waals surface area contributed by atoms with Crippen molar-refractivity contribution in [2.24, 2.45) is 11.8 Å². The molecule has 1 rings (SSSR count). The minimum atomic E-state index is -0.433. The lowest BCUT2D eigenvalue weighted by molar-refractivity contribution is -0.239. The van der Waals surface area contributed by atoms with E-state index in [0.717, 1.165) is 0 Å². The third-order valence-corrected chi connectivity index (χ3v) is 3.25. The summed E-state index contributed by atoms with van der Waals surface area (Å²) in [6, 6.07) is 0. The van der Waals surface area contributed by atoms with Crippen molar-refractivity contribution in [2.75, 3.05) is 0 Å². The molecule has 0 amide bonds. The van der Waals surface area contributed by atoms with E-state index >= 15 is 0 Å². The van der Waals surface area contributed by atoms with Gasteiger partial charge in [0.15, 0.2) is 5.79 Å². The Kier molecular flexibility index (Phi) is 3.03. The van der Waals surface area contributed by atoms with Gasteiger partial charge in [-0.1, -0.05) is 13.8 Å². The van der Waals surface area contributed by atoms with E-state index in [1.165, 1.54) is 0 Å². The van der Waals surface area contributed by atoms with Crippen LogP contribution in [0.2, 0.25) is 0 Å². The van der Waals surface area contributed by atoms with E-state index in [1.807, 2.05) is 13.8 Å². The Bertz CT molecular complexity index is 159. The summed E-state index contributed by atoms with van der Waals surface area (Å²) < 4.78 is 11.7. The van der Waals surface area contributed by atoms with E-state index < -0.39 is 5.79 Å². The molecule has 0 aromatic rings. The summed E-state index contributed by atoms with van der Waals surface area (Å²) in [4.78, 5) is 0. The van der Waals surface area contributed by atoms with E-state index in [0.29, 0.717) is 11.8 Å². The van der Waals surface area contributed by atoms with Crippen molar-refractivity contribution in [3.05, 3.63) is 0 Å². The summed E-state index contributed by atoms with van der Waals surface area (Å²) in [5, 5.41) is 0. The highest BCUT2D eigenvalue weighted by Gasteiger charge is 2.36. The summed E-state index contributed by atoms with van der Waals surface area (Å²) in [5.74, 6) is 0.672. The van der Waals surface area contributed by atoms with E-state index in [4.69, 9.17) is 9.47 Å². The second-order valence-corrected chi connectivity index (χ2v) is 4.76. The van der Waals surface area contributed by atoms with Crippen LogP contribution >= 0.6 is 0 Å². The second-order valence-electron chi connectivity index (χ2n) is 4.76. The molecule has 0 saturated carbocycles. The summed E-state index contributed by atoms with van der Waals surface area (Å²) in [7, 11) is 0. The van der Waals surface area contributed by atoms with Gasteiger partial charge in [0.1, 0.15) is 0 Å². The molecule has 0 aliphatic carbocycles. The minimum absolute atomic E-state index is 0.273. The van der Waals surface area contributed by atoms with Gasteiger partial charge >= 0.3 is 0 Å². The first-order valence-electron chi connectivity index (χ1n) is 5.19. The Morgan fingerprint density at radius 2 is 1.08 bits per heavy atom. The van der Waals surface area contributed by atoms with Crippen LogP contribution in [-0.2, 0) is 9.47 Å². The molecule has 0 aromatic heterocycles. The fourth-order valence-electron chi connectivity index (χ4n) is 1.99. The normalized spacial score (nSPS) is 45.7. The van der Waals surface area contributed by atoms with Gasteiger partial charge in [0, 0.05) is 0 Å². The molecule has 4 unspecified atom stereocenters. The Morgan fingerprint density at radius 3 is 1.38 bits per heavy atom. The smallest absolute Gasteiger partial charge is 0.163 e. The molecule has 0 spiro atoms. The highest BCUT2D eigenvalue weighted by Crippen LogP contribution is 2.32. The van der Waals surface area contributed by atoms with Crippen molar-refractivity contribution in [3.8, 4) is 0 Å². The van der Waals surface area contributed by atoms with Crippen molar-refractivity contribution < 1.29 is 9.47 Å². The summed E-state index contributed by atoms with van der Waals surface area (Å²) >= 11 is 0. The van der Waals surface area contributed by atoms with Crippen molar-refractivity contribution in [1.29, 1.82) is 0 Å². The van der Waals surface area contributed by atoms with Gasteiger partial charge in [-0.05, 0) is 39.5 Å². The monoisotopic (exact) mass is 186 g/mol. The standard InChI is InChI=1S/C11H22O2/c1-7-8(2)10(4)13-11(5,6)12-9(7)3/h7-10H,1-6H3. The average molecular weight is 186 g/mol. The molecule has 13 heavy (non-hydrogen) atoms. The Morgan fingerprint density at radius 1 is 0.769 bits per heavy atom. The first-order chi connectivity index (χ1) is 5.83. The van der Waals surface area contributed by atoms with Crippen molar-refractivity contribution in [1.82, 2.24) is 0 Å². The Labute approximate surface area is 81.6 Å². The SMILES string of the molecule is CC1OC(C)(C)OC(C)C(C)C1C. The van der Waals surface area contributed by atoms with Crippen LogP contribution in [-0.4, -0.2) is 18.0 Å². The summed E-state index contributed by atoms with van der Waals surface area (Å²) in [5.41, 5.74) is 0. The molecule has 0 radical (unpaired) electrons. The largest absolute Gasteiger partial charge is 0.347 e. The van der Waals surface area contributed by atoms with Gasteiger partial charge in [0.05, 0.1) is 12.2 Å². The molecule has 2 nitrogen and oxygen atoms in total. The van der Waals surface area contributed by atoms with Crippen molar-refractivity contribution >= 4 is 0 Å². The quantitative estimate of drug-likeness (QED) is 0.579. The molecule has 1 aliphatic heterocycles. The van der Waals surface area contributed by atoms with Crippen LogP contribution < -0.4 is 0 Å². The molecule has 1 fully saturated rings. The number of ether oxygens (including phenoxy) is 2. The van der Waals surface area contributed by atoms with Gasteiger partial charge in [-0.3, -0.25) is 0 Å². The molecule has 0 aromatic carbocycles. The van der Waals surface area contributed by atoms with Crippen molar-refractivity contribution in [2.45, 2.75) is 59.5 Å². The zero-order valence-corrected chi connectivity index (χ0v) is 9.63. The highest BCUT2D eigenvalue weighted by molar-refractivity contribution is 4.79. The molecule has 0 N–H and O–H groups in total. The van der Waals surface area contributed by atoms with Gasteiger partial charge in [-0.2, -0.15) is 0 Å². The first kappa shape index (κ1) is 11.0. The first-order valence-corrected chi connectivity index (χ1v) is 5.19. The van der Waals surface area contributed by atoms with Crippen molar-refractivity contribution in [3.63, 3.8) is 0 Å². The van der Waals surface area contributed by atoms with Gasteiger partial charge in [0.25, 0.3) is 0 Å². The van der Waals surface area contributed by atoms with Gasteiger partial charge in [-0.15, -0.1) is 0 Å². The molecular weight excluding hydrogens is 164 g/mol. The van der Waals surface area contributed by atoms with Crippen LogP contribution in [0.3, 0.4) is 0 Å². The highest BCUT2D eigenvalue weighted by atomic mass is 16.7. The predicted molar refractivity (Wildman–Crippen MR) is 53.5 cm³/mol.